The molecule has 7 heteroatoms. The van der Waals surface area contributed by atoms with Crippen LogP contribution in [0.2, 0.25) is 0 Å². The van der Waals surface area contributed by atoms with Crippen LogP contribution in [0.3, 0.4) is 0 Å². The van der Waals surface area contributed by atoms with Crippen LogP contribution in [0.15, 0.2) is 48.5 Å². The van der Waals surface area contributed by atoms with Gasteiger partial charge in [0.05, 0.1) is 0 Å². The fourth-order valence-electron chi connectivity index (χ4n) is 2.64. The molecule has 0 radical (unpaired) electrons. The van der Waals surface area contributed by atoms with Gasteiger partial charge in [-0.2, -0.15) is 0 Å². The molecule has 3 rings (SSSR count). The van der Waals surface area contributed by atoms with E-state index >= 15 is 0 Å². The number of hydrogen-bond acceptors (Lipinski definition) is 3. The van der Waals surface area contributed by atoms with Gasteiger partial charge in [0.15, 0.2) is 0 Å². The quantitative estimate of drug-likeness (QED) is 0.760. The molecule has 1 heterocycles. The van der Waals surface area contributed by atoms with E-state index in [2.05, 4.69) is 16.0 Å². The van der Waals surface area contributed by atoms with E-state index in [1.165, 1.54) is 0 Å². The highest BCUT2D eigenvalue weighted by atomic mass is 16.2. The lowest BCUT2D eigenvalue weighted by Gasteiger charge is -2.14. The lowest BCUT2D eigenvalue weighted by molar-refractivity contribution is -0.118. The average Bonchev–Trinajstić information content (AvgIpc) is 3.08. The number of carbonyl (C=O) groups excluding carboxylic acids is 3. The van der Waals surface area contributed by atoms with Crippen molar-refractivity contribution in [1.29, 1.82) is 0 Å². The molecule has 1 fully saturated rings. The molecule has 0 spiro atoms. The van der Waals surface area contributed by atoms with Crippen LogP contribution in [-0.2, 0) is 4.79 Å². The smallest absolute Gasteiger partial charge is 0.321 e. The van der Waals surface area contributed by atoms with Gasteiger partial charge in [-0.05, 0) is 48.5 Å². The zero-order chi connectivity index (χ0) is 19.4. The molecule has 0 saturated carbocycles. The van der Waals surface area contributed by atoms with Gasteiger partial charge in [-0.25, -0.2) is 4.79 Å². The molecule has 1 aliphatic rings. The Bertz CT molecular complexity index is 845. The third-order valence-corrected chi connectivity index (χ3v) is 4.23. The topological polar surface area (TPSA) is 90.5 Å². The van der Waals surface area contributed by atoms with Gasteiger partial charge in [0.25, 0.3) is 5.91 Å². The first-order valence-electron chi connectivity index (χ1n) is 8.82. The molecule has 2 aromatic carbocycles. The van der Waals surface area contributed by atoms with Crippen LogP contribution in [0, 0.1) is 5.92 Å². The third kappa shape index (κ3) is 4.44. The Morgan fingerprint density at radius 1 is 0.963 bits per heavy atom. The highest BCUT2D eigenvalue weighted by molar-refractivity contribution is 6.05. The van der Waals surface area contributed by atoms with Crippen molar-refractivity contribution in [1.82, 2.24) is 5.32 Å². The van der Waals surface area contributed by atoms with Gasteiger partial charge in [0, 0.05) is 41.6 Å². The van der Waals surface area contributed by atoms with E-state index in [1.807, 2.05) is 13.8 Å². The molecule has 0 atom stereocenters. The van der Waals surface area contributed by atoms with Gasteiger partial charge in [-0.1, -0.05) is 13.8 Å². The van der Waals surface area contributed by atoms with Crippen LogP contribution < -0.4 is 20.9 Å². The van der Waals surface area contributed by atoms with Crippen LogP contribution in [0.5, 0.6) is 0 Å². The van der Waals surface area contributed by atoms with Gasteiger partial charge < -0.3 is 16.0 Å². The number of anilines is 3. The maximum atomic E-state index is 12.4. The Balaban J connectivity index is 1.61. The average molecular weight is 366 g/mol. The minimum atomic E-state index is -0.247. The van der Waals surface area contributed by atoms with E-state index < -0.39 is 0 Å². The Morgan fingerprint density at radius 3 is 2.11 bits per heavy atom. The maximum absolute atomic E-state index is 12.4. The Kier molecular flexibility index (Phi) is 5.40. The number of benzene rings is 2. The van der Waals surface area contributed by atoms with Crippen molar-refractivity contribution in [2.24, 2.45) is 5.92 Å². The summed E-state index contributed by atoms with van der Waals surface area (Å²) in [7, 11) is 0. The molecule has 27 heavy (non-hydrogen) atoms. The lowest BCUT2D eigenvalue weighted by Crippen LogP contribution is -2.27. The summed E-state index contributed by atoms with van der Waals surface area (Å²) >= 11 is 0. The Labute approximate surface area is 157 Å². The number of rotatable bonds is 5. The van der Waals surface area contributed by atoms with E-state index in [1.54, 1.807) is 53.4 Å². The van der Waals surface area contributed by atoms with Crippen LogP contribution >= 0.6 is 0 Å². The molecule has 4 amide bonds. The molecule has 140 valence electrons. The minimum absolute atomic E-state index is 0.0704. The molecular weight excluding hydrogens is 344 g/mol. The van der Waals surface area contributed by atoms with Crippen molar-refractivity contribution in [2.45, 2.75) is 13.8 Å². The summed E-state index contributed by atoms with van der Waals surface area (Å²) in [5.41, 5.74) is 2.56. The highest BCUT2D eigenvalue weighted by Gasteiger charge is 2.20. The zero-order valence-corrected chi connectivity index (χ0v) is 15.3. The molecule has 3 N–H and O–H groups in total. The molecule has 2 aromatic rings. The number of amides is 4. The predicted molar refractivity (Wildman–Crippen MR) is 105 cm³/mol. The first-order valence-corrected chi connectivity index (χ1v) is 8.82. The van der Waals surface area contributed by atoms with E-state index in [9.17, 15) is 14.4 Å². The summed E-state index contributed by atoms with van der Waals surface area (Å²) in [6.45, 7) is 4.90. The van der Waals surface area contributed by atoms with Gasteiger partial charge >= 0.3 is 6.03 Å². The molecule has 1 aliphatic heterocycles. The van der Waals surface area contributed by atoms with Gasteiger partial charge in [-0.15, -0.1) is 0 Å². The van der Waals surface area contributed by atoms with Crippen LogP contribution in [-0.4, -0.2) is 30.9 Å². The van der Waals surface area contributed by atoms with E-state index in [0.717, 1.165) is 5.69 Å². The molecule has 7 nitrogen and oxygen atoms in total. The summed E-state index contributed by atoms with van der Waals surface area (Å²) in [6.07, 6.45) is 0. The molecule has 0 bridgehead atoms. The second kappa shape index (κ2) is 7.90. The second-order valence-corrected chi connectivity index (χ2v) is 6.61. The van der Waals surface area contributed by atoms with E-state index in [0.29, 0.717) is 30.0 Å². The molecular formula is C20H22N4O3. The largest absolute Gasteiger partial charge is 0.336 e. The number of nitrogens with zero attached hydrogens (tertiary/aromatic N) is 1. The van der Waals surface area contributed by atoms with E-state index in [-0.39, 0.29) is 23.8 Å². The van der Waals surface area contributed by atoms with Crippen molar-refractivity contribution in [2.75, 3.05) is 28.6 Å². The maximum Gasteiger partial charge on any atom is 0.321 e. The summed E-state index contributed by atoms with van der Waals surface area (Å²) in [4.78, 5) is 37.4. The number of nitrogens with one attached hydrogen (secondary N) is 3. The predicted octanol–water partition coefficient (Wildman–Crippen LogP) is 3.06. The SMILES string of the molecule is CC(C)C(=O)Nc1ccc(C(=O)Nc2ccc(N3CCNC3=O)cc2)cc1. The van der Waals surface area contributed by atoms with Crippen molar-refractivity contribution < 1.29 is 14.4 Å². The summed E-state index contributed by atoms with van der Waals surface area (Å²) in [5.74, 6) is -0.426. The van der Waals surface area contributed by atoms with Crippen LogP contribution in [0.1, 0.15) is 24.2 Å². The Morgan fingerprint density at radius 2 is 1.56 bits per heavy atom. The van der Waals surface area contributed by atoms with Crippen molar-refractivity contribution in [3.05, 3.63) is 54.1 Å². The zero-order valence-electron chi connectivity index (χ0n) is 15.3. The standard InChI is InChI=1S/C20H22N4O3/c1-13(2)18(25)22-15-5-3-14(4-6-15)19(26)23-16-7-9-17(10-8-16)24-12-11-21-20(24)27/h3-10,13H,11-12H2,1-2H3,(H,21,27)(H,22,25)(H,23,26). The minimum Gasteiger partial charge on any atom is -0.336 e. The normalized spacial score (nSPS) is 13.4. The Hall–Kier alpha value is -3.35. The van der Waals surface area contributed by atoms with Crippen LogP contribution in [0.4, 0.5) is 21.9 Å². The van der Waals surface area contributed by atoms with Crippen molar-refractivity contribution in [3.8, 4) is 0 Å². The summed E-state index contributed by atoms with van der Waals surface area (Å²) in [5, 5.41) is 8.36. The van der Waals surface area contributed by atoms with E-state index in [4.69, 9.17) is 0 Å². The van der Waals surface area contributed by atoms with Gasteiger partial charge in [0.1, 0.15) is 0 Å². The summed E-state index contributed by atoms with van der Waals surface area (Å²) < 4.78 is 0. The fourth-order valence-corrected chi connectivity index (χ4v) is 2.64. The van der Waals surface area contributed by atoms with Gasteiger partial charge in [-0.3, -0.25) is 14.5 Å². The molecule has 0 aliphatic carbocycles. The third-order valence-electron chi connectivity index (χ3n) is 4.23. The summed E-state index contributed by atoms with van der Waals surface area (Å²) in [6, 6.07) is 13.7. The molecule has 0 unspecified atom stereocenters. The monoisotopic (exact) mass is 366 g/mol. The number of hydrogen-bond donors (Lipinski definition) is 3. The van der Waals surface area contributed by atoms with Crippen LogP contribution in [0.25, 0.3) is 0 Å². The molecule has 1 saturated heterocycles. The second-order valence-electron chi connectivity index (χ2n) is 6.61. The lowest BCUT2D eigenvalue weighted by atomic mass is 10.1. The van der Waals surface area contributed by atoms with Crippen molar-refractivity contribution >= 4 is 34.9 Å². The molecule has 0 aromatic heterocycles. The van der Waals surface area contributed by atoms with Crippen molar-refractivity contribution in [3.63, 3.8) is 0 Å². The first-order chi connectivity index (χ1) is 12.9. The number of carbonyl (C=O) groups is 3. The van der Waals surface area contributed by atoms with Gasteiger partial charge in [0.2, 0.25) is 5.91 Å². The first kappa shape index (κ1) is 18.4. The number of urea groups is 1. The fraction of sp³-hybridized carbons (Fsp3) is 0.250. The highest BCUT2D eigenvalue weighted by Crippen LogP contribution is 2.20.